The van der Waals surface area contributed by atoms with Gasteiger partial charge >= 0.3 is 5.97 Å². The predicted octanol–water partition coefficient (Wildman–Crippen LogP) is 1.10. The summed E-state index contributed by atoms with van der Waals surface area (Å²) in [6, 6.07) is 1.67. The van der Waals surface area contributed by atoms with Crippen molar-refractivity contribution >= 4 is 29.6 Å². The Morgan fingerprint density at radius 1 is 1.44 bits per heavy atom. The van der Waals surface area contributed by atoms with Crippen molar-refractivity contribution in [1.82, 2.24) is 9.97 Å². The molecule has 1 aromatic rings. The van der Waals surface area contributed by atoms with E-state index in [0.717, 1.165) is 0 Å². The third kappa shape index (κ3) is 5.62. The van der Waals surface area contributed by atoms with Gasteiger partial charge in [-0.2, -0.15) is 0 Å². The number of nitrogens with one attached hydrogen (secondary N) is 1. The lowest BCUT2D eigenvalue weighted by Gasteiger charge is -2.09. The first kappa shape index (κ1) is 14.4. The first-order valence-corrected chi connectivity index (χ1v) is 6.42. The fraction of sp³-hybridized carbons (Fsp3) is 0.455. The molecule has 1 aromatic heterocycles. The van der Waals surface area contributed by atoms with E-state index in [-0.39, 0.29) is 35.2 Å². The molecule has 0 aliphatic heterocycles. The Hall–Kier alpha value is -1.63. The number of hydrogen-bond donors (Lipinski definition) is 1. The number of carbonyl (C=O) groups excluding carboxylic acids is 2. The van der Waals surface area contributed by atoms with E-state index < -0.39 is 0 Å². The number of esters is 1. The van der Waals surface area contributed by atoms with E-state index in [4.69, 9.17) is 0 Å². The number of ether oxygens (including phenoxy) is 1. The van der Waals surface area contributed by atoms with Crippen molar-refractivity contribution in [3.8, 4) is 0 Å². The van der Waals surface area contributed by atoms with Gasteiger partial charge in [0.15, 0.2) is 0 Å². The number of methoxy groups -OCH3 is 1. The second kappa shape index (κ2) is 7.65. The highest BCUT2D eigenvalue weighted by Gasteiger charge is 2.12. The normalized spacial score (nSPS) is 11.7. The van der Waals surface area contributed by atoms with Crippen molar-refractivity contribution in [2.75, 3.05) is 18.2 Å². The fourth-order valence-corrected chi connectivity index (χ4v) is 1.88. The molecule has 0 fully saturated rings. The van der Waals surface area contributed by atoms with E-state index in [1.165, 1.54) is 18.9 Å². The summed E-state index contributed by atoms with van der Waals surface area (Å²) >= 11 is 1.38. The van der Waals surface area contributed by atoms with E-state index in [2.05, 4.69) is 20.0 Å². The molecule has 0 aliphatic rings. The van der Waals surface area contributed by atoms with Crippen LogP contribution < -0.4 is 5.32 Å². The summed E-state index contributed by atoms with van der Waals surface area (Å²) in [6.45, 7) is 1.87. The molecule has 0 bridgehead atoms. The minimum atomic E-state index is -0.276. The van der Waals surface area contributed by atoms with Crippen LogP contribution in [0.15, 0.2) is 18.5 Å². The standard InChI is InChI=1S/C11H15N3O3S/c1-8(6-10(16)17-2)18-7-9(15)14-11-12-4-3-5-13-11/h3-5,8H,6-7H2,1-2H3,(H,12,13,14,15). The molecule has 0 radical (unpaired) electrons. The highest BCUT2D eigenvalue weighted by Crippen LogP contribution is 2.14. The zero-order valence-electron chi connectivity index (χ0n) is 10.3. The van der Waals surface area contributed by atoms with Crippen molar-refractivity contribution in [2.45, 2.75) is 18.6 Å². The first-order valence-electron chi connectivity index (χ1n) is 5.37. The van der Waals surface area contributed by atoms with Gasteiger partial charge in [-0.15, -0.1) is 11.8 Å². The van der Waals surface area contributed by atoms with Crippen LogP contribution in [0.4, 0.5) is 5.95 Å². The molecule has 0 saturated carbocycles. The van der Waals surface area contributed by atoms with Crippen LogP contribution in [0.5, 0.6) is 0 Å². The molecule has 0 aliphatic carbocycles. The molecule has 1 atom stereocenters. The summed E-state index contributed by atoms with van der Waals surface area (Å²) in [5.41, 5.74) is 0. The lowest BCUT2D eigenvalue weighted by atomic mass is 10.3. The Labute approximate surface area is 110 Å². The molecule has 1 rings (SSSR count). The summed E-state index contributed by atoms with van der Waals surface area (Å²) in [5.74, 6) is 0.0598. The monoisotopic (exact) mass is 269 g/mol. The second-order valence-corrected chi connectivity index (χ2v) is 4.95. The van der Waals surface area contributed by atoms with Gasteiger partial charge in [0.2, 0.25) is 11.9 Å². The van der Waals surface area contributed by atoms with Crippen molar-refractivity contribution in [3.05, 3.63) is 18.5 Å². The Morgan fingerprint density at radius 3 is 2.72 bits per heavy atom. The van der Waals surface area contributed by atoms with Crippen molar-refractivity contribution in [3.63, 3.8) is 0 Å². The summed E-state index contributed by atoms with van der Waals surface area (Å²) in [7, 11) is 1.35. The molecule has 6 nitrogen and oxygen atoms in total. The average Bonchev–Trinajstić information content (AvgIpc) is 2.37. The summed E-state index contributed by atoms with van der Waals surface area (Å²) in [4.78, 5) is 30.3. The van der Waals surface area contributed by atoms with Crippen LogP contribution in [0.2, 0.25) is 0 Å². The Kier molecular flexibility index (Phi) is 6.13. The summed E-state index contributed by atoms with van der Waals surface area (Å²) in [5, 5.41) is 2.59. The Balaban J connectivity index is 2.27. The highest BCUT2D eigenvalue weighted by molar-refractivity contribution is 8.00. The number of aromatic nitrogens is 2. The molecule has 98 valence electrons. The van der Waals surface area contributed by atoms with Gasteiger partial charge in [-0.05, 0) is 6.07 Å². The molecule has 18 heavy (non-hydrogen) atoms. The lowest BCUT2D eigenvalue weighted by molar-refractivity contribution is -0.140. The third-order valence-electron chi connectivity index (χ3n) is 2.00. The average molecular weight is 269 g/mol. The quantitative estimate of drug-likeness (QED) is 0.779. The molecule has 0 spiro atoms. The Morgan fingerprint density at radius 2 is 2.11 bits per heavy atom. The fourth-order valence-electron chi connectivity index (χ4n) is 1.12. The topological polar surface area (TPSA) is 81.2 Å². The maximum atomic E-state index is 11.5. The molecule has 1 amide bonds. The molecule has 0 aromatic carbocycles. The summed E-state index contributed by atoms with van der Waals surface area (Å²) < 4.78 is 4.55. The van der Waals surface area contributed by atoms with E-state index >= 15 is 0 Å². The maximum absolute atomic E-state index is 11.5. The molecule has 7 heteroatoms. The zero-order valence-corrected chi connectivity index (χ0v) is 11.1. The predicted molar refractivity (Wildman–Crippen MR) is 69.2 cm³/mol. The van der Waals surface area contributed by atoms with Crippen molar-refractivity contribution in [2.24, 2.45) is 0 Å². The van der Waals surface area contributed by atoms with Crippen LogP contribution in [0.3, 0.4) is 0 Å². The van der Waals surface area contributed by atoms with Crippen LogP contribution in [0, 0.1) is 0 Å². The minimum absolute atomic E-state index is 0.0277. The van der Waals surface area contributed by atoms with Gasteiger partial charge in [0, 0.05) is 17.6 Å². The minimum Gasteiger partial charge on any atom is -0.469 e. The summed E-state index contributed by atoms with van der Waals surface area (Å²) in [6.07, 6.45) is 3.39. The van der Waals surface area contributed by atoms with Crippen molar-refractivity contribution in [1.29, 1.82) is 0 Å². The van der Waals surface area contributed by atoms with Gasteiger partial charge in [0.1, 0.15) is 0 Å². The number of thioether (sulfide) groups is 1. The third-order valence-corrected chi connectivity index (χ3v) is 3.16. The second-order valence-electron chi connectivity index (χ2n) is 3.52. The van der Waals surface area contributed by atoms with E-state index in [9.17, 15) is 9.59 Å². The number of nitrogens with zero attached hydrogens (tertiary/aromatic N) is 2. The zero-order chi connectivity index (χ0) is 13.4. The van der Waals surface area contributed by atoms with E-state index in [0.29, 0.717) is 0 Å². The number of anilines is 1. The lowest BCUT2D eigenvalue weighted by Crippen LogP contribution is -2.18. The largest absolute Gasteiger partial charge is 0.469 e. The van der Waals surface area contributed by atoms with Gasteiger partial charge in [0.25, 0.3) is 0 Å². The van der Waals surface area contributed by atoms with Gasteiger partial charge in [-0.25, -0.2) is 9.97 Å². The number of rotatable bonds is 6. The van der Waals surface area contributed by atoms with E-state index in [1.807, 2.05) is 6.92 Å². The molecule has 1 unspecified atom stereocenters. The molecule has 0 saturated heterocycles. The molecular weight excluding hydrogens is 254 g/mol. The van der Waals surface area contributed by atoms with E-state index in [1.54, 1.807) is 18.5 Å². The van der Waals surface area contributed by atoms with Crippen LogP contribution in [-0.2, 0) is 14.3 Å². The van der Waals surface area contributed by atoms with Gasteiger partial charge in [-0.3, -0.25) is 14.9 Å². The first-order chi connectivity index (χ1) is 8.61. The highest BCUT2D eigenvalue weighted by atomic mass is 32.2. The van der Waals surface area contributed by atoms with Gasteiger partial charge in [0.05, 0.1) is 19.3 Å². The number of carbonyl (C=O) groups is 2. The smallest absolute Gasteiger partial charge is 0.306 e. The number of hydrogen-bond acceptors (Lipinski definition) is 6. The van der Waals surface area contributed by atoms with Gasteiger partial charge < -0.3 is 4.74 Å². The van der Waals surface area contributed by atoms with Crippen LogP contribution in [-0.4, -0.2) is 40.0 Å². The van der Waals surface area contributed by atoms with Crippen LogP contribution >= 0.6 is 11.8 Å². The van der Waals surface area contributed by atoms with Crippen LogP contribution in [0.1, 0.15) is 13.3 Å². The molecular formula is C11H15N3O3S. The van der Waals surface area contributed by atoms with Gasteiger partial charge in [-0.1, -0.05) is 6.92 Å². The maximum Gasteiger partial charge on any atom is 0.306 e. The SMILES string of the molecule is COC(=O)CC(C)SCC(=O)Nc1ncccn1. The molecule has 1 N–H and O–H groups in total. The van der Waals surface area contributed by atoms with Crippen molar-refractivity contribution < 1.29 is 14.3 Å². The molecule has 1 heterocycles. The van der Waals surface area contributed by atoms with Crippen LogP contribution in [0.25, 0.3) is 0 Å². The Bertz CT molecular complexity index is 400. The number of amides is 1.